The Morgan fingerprint density at radius 3 is 2.77 bits per heavy atom. The van der Waals surface area contributed by atoms with Gasteiger partial charge < -0.3 is 11.1 Å². The number of nitrogens with zero attached hydrogens (tertiary/aromatic N) is 2. The fourth-order valence-electron chi connectivity index (χ4n) is 4.25. The number of anilines is 1. The molecule has 4 rings (SSSR count). The standard InChI is InChI=1S/C22H25ClN4O2S/c1-11-18(27-8-7-13(23)10-16(27)25-11)20(29)26-21-17(19(24)28)14-6-5-12(22(2,3)4)9-15(14)30-21/h7-8,10,12H,5-6,9H2,1-4H3,(H2,24,28)(H,26,29). The van der Waals surface area contributed by atoms with Gasteiger partial charge in [-0.25, -0.2) is 4.98 Å². The number of fused-ring (bicyclic) bond motifs is 2. The van der Waals surface area contributed by atoms with E-state index < -0.39 is 5.91 Å². The molecule has 2 amide bonds. The van der Waals surface area contributed by atoms with E-state index in [0.717, 1.165) is 29.7 Å². The van der Waals surface area contributed by atoms with Gasteiger partial charge in [-0.1, -0.05) is 32.4 Å². The predicted molar refractivity (Wildman–Crippen MR) is 121 cm³/mol. The fourth-order valence-corrected chi connectivity index (χ4v) is 5.73. The maximum atomic E-state index is 13.2. The Hall–Kier alpha value is -2.38. The quantitative estimate of drug-likeness (QED) is 0.604. The second kappa shape index (κ2) is 7.39. The zero-order chi connectivity index (χ0) is 21.8. The van der Waals surface area contributed by atoms with Gasteiger partial charge in [0.2, 0.25) is 0 Å². The van der Waals surface area contributed by atoms with Gasteiger partial charge in [0.25, 0.3) is 11.8 Å². The van der Waals surface area contributed by atoms with Gasteiger partial charge in [0.1, 0.15) is 16.3 Å². The number of rotatable bonds is 3. The molecule has 0 radical (unpaired) electrons. The zero-order valence-corrected chi connectivity index (χ0v) is 19.1. The third-order valence-electron chi connectivity index (χ3n) is 5.94. The first kappa shape index (κ1) is 20.9. The summed E-state index contributed by atoms with van der Waals surface area (Å²) in [7, 11) is 0. The van der Waals surface area contributed by atoms with E-state index in [0.29, 0.717) is 38.5 Å². The van der Waals surface area contributed by atoms with E-state index in [4.69, 9.17) is 17.3 Å². The summed E-state index contributed by atoms with van der Waals surface area (Å²) in [6, 6.07) is 3.41. The average Bonchev–Trinajstić information content (AvgIpc) is 3.15. The molecule has 3 aromatic heterocycles. The molecule has 3 aromatic rings. The molecule has 158 valence electrons. The van der Waals surface area contributed by atoms with Crippen LogP contribution in [0.4, 0.5) is 5.00 Å². The van der Waals surface area contributed by atoms with Crippen molar-refractivity contribution in [3.8, 4) is 0 Å². The number of hydrogen-bond acceptors (Lipinski definition) is 4. The number of carbonyl (C=O) groups excluding carboxylic acids is 2. The van der Waals surface area contributed by atoms with Crippen molar-refractivity contribution >= 4 is 45.4 Å². The molecule has 6 nitrogen and oxygen atoms in total. The molecule has 0 saturated carbocycles. The summed E-state index contributed by atoms with van der Waals surface area (Å²) >= 11 is 7.51. The lowest BCUT2D eigenvalue weighted by Gasteiger charge is -2.33. The lowest BCUT2D eigenvalue weighted by Crippen LogP contribution is -2.27. The number of aromatic nitrogens is 2. The van der Waals surface area contributed by atoms with Gasteiger partial charge in [0.15, 0.2) is 0 Å². The molecule has 0 bridgehead atoms. The fraction of sp³-hybridized carbons (Fsp3) is 0.409. The Labute approximate surface area is 184 Å². The van der Waals surface area contributed by atoms with Crippen LogP contribution in [0.1, 0.15) is 64.2 Å². The molecule has 3 heterocycles. The Bertz CT molecular complexity index is 1170. The minimum atomic E-state index is -0.501. The largest absolute Gasteiger partial charge is 0.365 e. The van der Waals surface area contributed by atoms with Crippen LogP contribution >= 0.6 is 22.9 Å². The van der Waals surface area contributed by atoms with Crippen LogP contribution in [0.15, 0.2) is 18.3 Å². The highest BCUT2D eigenvalue weighted by molar-refractivity contribution is 7.17. The van der Waals surface area contributed by atoms with Crippen molar-refractivity contribution in [2.24, 2.45) is 17.1 Å². The number of primary amides is 1. The number of halogens is 1. The smallest absolute Gasteiger partial charge is 0.275 e. The topological polar surface area (TPSA) is 89.5 Å². The van der Waals surface area contributed by atoms with Crippen molar-refractivity contribution in [3.05, 3.63) is 50.7 Å². The lowest BCUT2D eigenvalue weighted by molar-refractivity contribution is 0.1000. The average molecular weight is 445 g/mol. The summed E-state index contributed by atoms with van der Waals surface area (Å²) < 4.78 is 1.70. The molecule has 1 aliphatic rings. The number of pyridine rings is 1. The first-order chi connectivity index (χ1) is 14.1. The van der Waals surface area contributed by atoms with Gasteiger partial charge in [0, 0.05) is 22.2 Å². The van der Waals surface area contributed by atoms with Crippen LogP contribution in [0.2, 0.25) is 5.02 Å². The van der Waals surface area contributed by atoms with Crippen molar-refractivity contribution in [1.82, 2.24) is 9.38 Å². The minimum absolute atomic E-state index is 0.187. The van der Waals surface area contributed by atoms with E-state index in [1.807, 2.05) is 0 Å². The number of nitrogens with one attached hydrogen (secondary N) is 1. The summed E-state index contributed by atoms with van der Waals surface area (Å²) in [6.45, 7) is 8.51. The maximum Gasteiger partial charge on any atom is 0.275 e. The molecule has 1 unspecified atom stereocenters. The molecule has 1 atom stereocenters. The number of aryl methyl sites for hydroxylation is 1. The summed E-state index contributed by atoms with van der Waals surface area (Å²) in [4.78, 5) is 31.0. The minimum Gasteiger partial charge on any atom is -0.365 e. The van der Waals surface area contributed by atoms with Gasteiger partial charge in [0.05, 0.1) is 11.3 Å². The molecule has 0 fully saturated rings. The molecule has 0 spiro atoms. The highest BCUT2D eigenvalue weighted by Gasteiger charge is 2.34. The van der Waals surface area contributed by atoms with Gasteiger partial charge in [-0.3, -0.25) is 14.0 Å². The van der Waals surface area contributed by atoms with Crippen LogP contribution in [-0.4, -0.2) is 21.2 Å². The molecule has 0 aromatic carbocycles. The first-order valence-corrected chi connectivity index (χ1v) is 11.2. The molecule has 8 heteroatoms. The number of hydrogen-bond donors (Lipinski definition) is 2. The van der Waals surface area contributed by atoms with Crippen molar-refractivity contribution in [3.63, 3.8) is 0 Å². The van der Waals surface area contributed by atoms with Crippen LogP contribution in [0.3, 0.4) is 0 Å². The molecular formula is C22H25ClN4O2S. The Kier molecular flexibility index (Phi) is 5.14. The van der Waals surface area contributed by atoms with Crippen molar-refractivity contribution in [1.29, 1.82) is 0 Å². The Morgan fingerprint density at radius 2 is 2.10 bits per heavy atom. The van der Waals surface area contributed by atoms with Crippen LogP contribution < -0.4 is 11.1 Å². The number of imidazole rings is 1. The molecule has 30 heavy (non-hydrogen) atoms. The monoisotopic (exact) mass is 444 g/mol. The van der Waals surface area contributed by atoms with Crippen LogP contribution in [-0.2, 0) is 12.8 Å². The maximum absolute atomic E-state index is 13.2. The van der Waals surface area contributed by atoms with E-state index in [1.165, 1.54) is 11.3 Å². The lowest BCUT2D eigenvalue weighted by atomic mass is 9.72. The SMILES string of the molecule is Cc1nc2cc(Cl)ccn2c1C(=O)Nc1sc2c(c1C(N)=O)CCC(C(C)(C)C)C2. The van der Waals surface area contributed by atoms with Crippen LogP contribution in [0.5, 0.6) is 0 Å². The zero-order valence-electron chi connectivity index (χ0n) is 17.5. The first-order valence-electron chi connectivity index (χ1n) is 9.96. The van der Waals surface area contributed by atoms with Crippen LogP contribution in [0, 0.1) is 18.3 Å². The number of thiophene rings is 1. The van der Waals surface area contributed by atoms with E-state index in [-0.39, 0.29) is 11.3 Å². The number of carbonyl (C=O) groups is 2. The normalized spacial score (nSPS) is 16.5. The molecule has 1 aliphatic carbocycles. The van der Waals surface area contributed by atoms with Gasteiger partial charge in [-0.15, -0.1) is 11.3 Å². The van der Waals surface area contributed by atoms with Gasteiger partial charge in [-0.2, -0.15) is 0 Å². The van der Waals surface area contributed by atoms with Gasteiger partial charge in [-0.05, 0) is 49.1 Å². The summed E-state index contributed by atoms with van der Waals surface area (Å²) in [5.41, 5.74) is 8.94. The van der Waals surface area contributed by atoms with Gasteiger partial charge >= 0.3 is 0 Å². The van der Waals surface area contributed by atoms with Crippen molar-refractivity contribution < 1.29 is 9.59 Å². The summed E-state index contributed by atoms with van der Waals surface area (Å²) in [5.74, 6) is -0.298. The van der Waals surface area contributed by atoms with E-state index in [9.17, 15) is 9.59 Å². The van der Waals surface area contributed by atoms with E-state index in [1.54, 1.807) is 29.7 Å². The summed E-state index contributed by atoms with van der Waals surface area (Å²) in [5, 5.41) is 4.01. The third-order valence-corrected chi connectivity index (χ3v) is 7.35. The highest BCUT2D eigenvalue weighted by Crippen LogP contribution is 2.44. The highest BCUT2D eigenvalue weighted by atomic mass is 35.5. The molecule has 0 aliphatic heterocycles. The van der Waals surface area contributed by atoms with E-state index in [2.05, 4.69) is 31.1 Å². The molecule has 0 saturated heterocycles. The predicted octanol–water partition coefficient (Wildman–Crippen LogP) is 4.86. The third kappa shape index (κ3) is 3.61. The summed E-state index contributed by atoms with van der Waals surface area (Å²) in [6.07, 6.45) is 4.42. The molecular weight excluding hydrogens is 420 g/mol. The Balaban J connectivity index is 1.71. The number of nitrogens with two attached hydrogens (primary N) is 1. The number of amides is 2. The Morgan fingerprint density at radius 1 is 1.37 bits per heavy atom. The second-order valence-electron chi connectivity index (χ2n) is 8.95. The molecule has 3 N–H and O–H groups in total. The van der Waals surface area contributed by atoms with E-state index >= 15 is 0 Å². The van der Waals surface area contributed by atoms with Crippen molar-refractivity contribution in [2.45, 2.75) is 47.0 Å². The van der Waals surface area contributed by atoms with Crippen molar-refractivity contribution in [2.75, 3.05) is 5.32 Å². The second-order valence-corrected chi connectivity index (χ2v) is 10.5. The van der Waals surface area contributed by atoms with Crippen LogP contribution in [0.25, 0.3) is 5.65 Å².